The highest BCUT2D eigenvalue weighted by Crippen LogP contribution is 2.33. The zero-order chi connectivity index (χ0) is 22.3. The summed E-state index contributed by atoms with van der Waals surface area (Å²) in [4.78, 5) is 37.4. The third kappa shape index (κ3) is 5.81. The third-order valence-corrected chi connectivity index (χ3v) is 5.89. The monoisotopic (exact) mass is 450 g/mol. The summed E-state index contributed by atoms with van der Waals surface area (Å²) in [5.41, 5.74) is -0.975. The maximum absolute atomic E-state index is 12.5. The number of hydrogen-bond donors (Lipinski definition) is 1. The van der Waals surface area contributed by atoms with E-state index in [1.165, 1.54) is 22.9 Å². The van der Waals surface area contributed by atoms with Crippen LogP contribution in [0.25, 0.3) is 6.08 Å². The lowest BCUT2D eigenvalue weighted by Gasteiger charge is -2.29. The highest BCUT2D eigenvalue weighted by atomic mass is 16.7. The Morgan fingerprint density at radius 3 is 2.53 bits per heavy atom. The van der Waals surface area contributed by atoms with Crippen molar-refractivity contribution in [1.82, 2.24) is 9.55 Å². The molecule has 3 fully saturated rings. The first-order valence-electron chi connectivity index (χ1n) is 11.3. The minimum Gasteiger partial charge on any atom is -0.353 e. The average molecular weight is 450 g/mol. The number of aldehydes is 1. The number of aromatic nitrogens is 2. The lowest BCUT2D eigenvalue weighted by molar-refractivity contribution is -0.216. The number of rotatable bonds is 8. The van der Waals surface area contributed by atoms with Crippen LogP contribution in [0.4, 0.5) is 0 Å². The van der Waals surface area contributed by atoms with Gasteiger partial charge >= 0.3 is 5.69 Å². The molecular weight excluding hydrogens is 420 g/mol. The van der Waals surface area contributed by atoms with Crippen molar-refractivity contribution in [2.75, 3.05) is 19.8 Å². The van der Waals surface area contributed by atoms with Gasteiger partial charge in [-0.15, -0.1) is 0 Å². The van der Waals surface area contributed by atoms with E-state index in [0.717, 1.165) is 38.5 Å². The minimum absolute atomic E-state index is 0.184. The fraction of sp³-hybridized carbons (Fsp3) is 0.682. The molecule has 4 heterocycles. The van der Waals surface area contributed by atoms with Crippen molar-refractivity contribution in [1.29, 1.82) is 0 Å². The minimum atomic E-state index is -0.655. The average Bonchev–Trinajstić information content (AvgIpc) is 3.20. The Morgan fingerprint density at radius 2 is 1.84 bits per heavy atom. The quantitative estimate of drug-likeness (QED) is 0.468. The molecule has 3 saturated heterocycles. The molecule has 176 valence electrons. The topological polar surface area (TPSA) is 118 Å². The second-order valence-electron chi connectivity index (χ2n) is 8.21. The molecule has 3 aliphatic heterocycles. The number of hydrogen-bond acceptors (Lipinski definition) is 8. The van der Waals surface area contributed by atoms with Gasteiger partial charge in [0.05, 0.1) is 18.3 Å². The van der Waals surface area contributed by atoms with Crippen LogP contribution >= 0.6 is 0 Å². The first-order valence-corrected chi connectivity index (χ1v) is 11.3. The standard InChI is InChI=1S/C22H30N2O8/c25-9-5-6-15-13-24(22(27)23-21(15)26)18-12-16(32-20-8-2-4-11-29-20)17(31-18)14-30-19-7-1-3-10-28-19/h5-6,9,13,16-20H,1-4,7-8,10-12,14H2,(H,23,26,27)/b6-5+/t16-,17+,18+,19?,20?/m0/s1. The first-order chi connectivity index (χ1) is 15.6. The van der Waals surface area contributed by atoms with Gasteiger partial charge < -0.3 is 23.7 Å². The molecule has 32 heavy (non-hydrogen) atoms. The summed E-state index contributed by atoms with van der Waals surface area (Å²) in [6.45, 7) is 1.59. The summed E-state index contributed by atoms with van der Waals surface area (Å²) < 4.78 is 31.0. The zero-order valence-electron chi connectivity index (χ0n) is 18.0. The molecule has 0 aromatic carbocycles. The fourth-order valence-corrected chi connectivity index (χ4v) is 4.20. The number of allylic oxidation sites excluding steroid dienone is 1. The van der Waals surface area contributed by atoms with Gasteiger partial charge in [0.2, 0.25) is 0 Å². The Labute approximate surface area is 185 Å². The second kappa shape index (κ2) is 11.2. The smallest absolute Gasteiger partial charge is 0.330 e. The predicted molar refractivity (Wildman–Crippen MR) is 113 cm³/mol. The lowest BCUT2D eigenvalue weighted by Crippen LogP contribution is -2.36. The summed E-state index contributed by atoms with van der Waals surface area (Å²) in [5, 5.41) is 0. The van der Waals surface area contributed by atoms with Crippen LogP contribution in [0.5, 0.6) is 0 Å². The van der Waals surface area contributed by atoms with Crippen LogP contribution in [0.1, 0.15) is 56.7 Å². The van der Waals surface area contributed by atoms with Crippen molar-refractivity contribution in [2.45, 2.75) is 76.0 Å². The SMILES string of the molecule is O=C/C=C/c1cn([C@H]2C[C@H](OC3CCCCO3)[C@@H](COC3CCCCO3)O2)c(=O)[nH]c1=O. The first kappa shape index (κ1) is 23.1. The highest BCUT2D eigenvalue weighted by molar-refractivity contribution is 5.73. The van der Waals surface area contributed by atoms with Gasteiger partial charge in [-0.05, 0) is 50.7 Å². The Hall–Kier alpha value is -2.11. The predicted octanol–water partition coefficient (Wildman–Crippen LogP) is 1.49. The summed E-state index contributed by atoms with van der Waals surface area (Å²) in [6.07, 6.45) is 8.65. The molecule has 0 aliphatic carbocycles. The van der Waals surface area contributed by atoms with Gasteiger partial charge in [0.15, 0.2) is 12.6 Å². The number of nitrogens with one attached hydrogen (secondary N) is 1. The van der Waals surface area contributed by atoms with Gasteiger partial charge in [-0.3, -0.25) is 19.1 Å². The van der Waals surface area contributed by atoms with Gasteiger partial charge in [-0.1, -0.05) is 0 Å². The molecule has 10 heteroatoms. The normalized spacial score (nSPS) is 31.2. The van der Waals surface area contributed by atoms with E-state index in [1.54, 1.807) is 0 Å². The van der Waals surface area contributed by atoms with Gasteiger partial charge in [0.25, 0.3) is 5.56 Å². The molecule has 4 rings (SSSR count). The molecule has 2 unspecified atom stereocenters. The van der Waals surface area contributed by atoms with Crippen LogP contribution in [-0.4, -0.2) is 60.4 Å². The maximum atomic E-state index is 12.5. The van der Waals surface area contributed by atoms with Crippen LogP contribution in [0, 0.1) is 0 Å². The van der Waals surface area contributed by atoms with Crippen molar-refractivity contribution in [3.8, 4) is 0 Å². The number of nitrogens with zero attached hydrogens (tertiary/aromatic N) is 1. The van der Waals surface area contributed by atoms with E-state index in [4.69, 9.17) is 23.7 Å². The Balaban J connectivity index is 1.50. The zero-order valence-corrected chi connectivity index (χ0v) is 18.0. The number of aromatic amines is 1. The lowest BCUT2D eigenvalue weighted by atomic mass is 10.1. The largest absolute Gasteiger partial charge is 0.353 e. The maximum Gasteiger partial charge on any atom is 0.330 e. The molecule has 1 aromatic rings. The molecule has 0 bridgehead atoms. The van der Waals surface area contributed by atoms with E-state index in [1.807, 2.05) is 0 Å². The van der Waals surface area contributed by atoms with Crippen molar-refractivity contribution >= 4 is 12.4 Å². The molecule has 0 radical (unpaired) electrons. The van der Waals surface area contributed by atoms with Crippen LogP contribution < -0.4 is 11.2 Å². The van der Waals surface area contributed by atoms with Crippen molar-refractivity contribution in [3.63, 3.8) is 0 Å². The van der Waals surface area contributed by atoms with Crippen molar-refractivity contribution in [2.24, 2.45) is 0 Å². The van der Waals surface area contributed by atoms with Crippen LogP contribution in [0.3, 0.4) is 0 Å². The molecule has 0 saturated carbocycles. The molecule has 10 nitrogen and oxygen atoms in total. The molecule has 1 N–H and O–H groups in total. The van der Waals surface area contributed by atoms with Crippen molar-refractivity contribution in [3.05, 3.63) is 38.7 Å². The van der Waals surface area contributed by atoms with E-state index < -0.39 is 23.6 Å². The molecule has 5 atom stereocenters. The van der Waals surface area contributed by atoms with E-state index in [2.05, 4.69) is 4.98 Å². The molecule has 3 aliphatic rings. The number of carbonyl (C=O) groups excluding carboxylic acids is 1. The van der Waals surface area contributed by atoms with Gasteiger partial charge in [-0.25, -0.2) is 4.79 Å². The number of ether oxygens (including phenoxy) is 5. The van der Waals surface area contributed by atoms with E-state index >= 15 is 0 Å². The van der Waals surface area contributed by atoms with E-state index in [9.17, 15) is 14.4 Å². The van der Waals surface area contributed by atoms with Crippen LogP contribution in [0.2, 0.25) is 0 Å². The van der Waals surface area contributed by atoms with Gasteiger partial charge in [0, 0.05) is 25.8 Å². The summed E-state index contributed by atoms with van der Waals surface area (Å²) >= 11 is 0. The van der Waals surface area contributed by atoms with E-state index in [-0.39, 0.29) is 30.9 Å². The van der Waals surface area contributed by atoms with E-state index in [0.29, 0.717) is 25.9 Å². The Bertz CT molecular complexity index is 898. The van der Waals surface area contributed by atoms with Crippen LogP contribution in [-0.2, 0) is 28.5 Å². The highest BCUT2D eigenvalue weighted by Gasteiger charge is 2.40. The van der Waals surface area contributed by atoms with Crippen molar-refractivity contribution < 1.29 is 28.5 Å². The number of H-pyrrole nitrogens is 1. The summed E-state index contributed by atoms with van der Waals surface area (Å²) in [5.74, 6) is 0. The second-order valence-corrected chi connectivity index (χ2v) is 8.21. The summed E-state index contributed by atoms with van der Waals surface area (Å²) in [7, 11) is 0. The van der Waals surface area contributed by atoms with Gasteiger partial charge in [0.1, 0.15) is 18.6 Å². The molecular formula is C22H30N2O8. The third-order valence-electron chi connectivity index (χ3n) is 5.89. The van der Waals surface area contributed by atoms with Crippen LogP contribution in [0.15, 0.2) is 21.9 Å². The number of carbonyl (C=O) groups is 1. The summed E-state index contributed by atoms with van der Waals surface area (Å²) in [6, 6.07) is 0. The fourth-order valence-electron chi connectivity index (χ4n) is 4.20. The molecule has 1 aromatic heterocycles. The Morgan fingerprint density at radius 1 is 1.09 bits per heavy atom. The molecule has 0 amide bonds. The van der Waals surface area contributed by atoms with Gasteiger partial charge in [-0.2, -0.15) is 0 Å². The Kier molecular flexibility index (Phi) is 8.04. The molecule has 0 spiro atoms.